The highest BCUT2D eigenvalue weighted by Crippen LogP contribution is 2.46. The summed E-state index contributed by atoms with van der Waals surface area (Å²) in [5.41, 5.74) is 3.05. The second-order valence-corrected chi connectivity index (χ2v) is 11.6. The summed E-state index contributed by atoms with van der Waals surface area (Å²) in [7, 11) is 7.95. The van der Waals surface area contributed by atoms with Crippen molar-refractivity contribution in [1.82, 2.24) is 15.0 Å². The predicted molar refractivity (Wildman–Crippen MR) is 132 cm³/mol. The SMILES string of the molecule is C/C=C\C(Cc1nc2c(s1)C1C=NN(Cc3ncsc3C(F)(P)P)C(=O)C1N2C)=NC. The lowest BCUT2D eigenvalue weighted by atomic mass is 10.0. The number of carbonyl (C=O) groups excluding carboxylic acids is 1. The second kappa shape index (κ2) is 8.74. The Morgan fingerprint density at radius 3 is 2.90 bits per heavy atom. The Morgan fingerprint density at radius 2 is 2.23 bits per heavy atom. The van der Waals surface area contributed by atoms with Crippen LogP contribution < -0.4 is 4.90 Å². The van der Waals surface area contributed by atoms with Crippen LogP contribution in [0.2, 0.25) is 0 Å². The first-order valence-corrected chi connectivity index (χ1v) is 12.5. The number of amides is 1. The fraction of sp³-hybridized carbons (Fsp3) is 0.421. The normalized spacial score (nSPS) is 21.4. The van der Waals surface area contributed by atoms with E-state index in [4.69, 9.17) is 4.98 Å². The number of aliphatic imine (C=N–C) groups is 1. The van der Waals surface area contributed by atoms with Crippen molar-refractivity contribution in [3.05, 3.63) is 38.1 Å². The first kappa shape index (κ1) is 22.6. The number of rotatable bonds is 6. The second-order valence-electron chi connectivity index (χ2n) is 7.33. The highest BCUT2D eigenvalue weighted by Gasteiger charge is 2.47. The van der Waals surface area contributed by atoms with Crippen LogP contribution in [0.15, 0.2) is 27.8 Å². The Balaban J connectivity index is 1.57. The first-order chi connectivity index (χ1) is 14.7. The van der Waals surface area contributed by atoms with E-state index in [0.29, 0.717) is 17.0 Å². The molecule has 1 amide bonds. The molecule has 0 saturated heterocycles. The van der Waals surface area contributed by atoms with E-state index >= 15 is 0 Å². The van der Waals surface area contributed by atoms with E-state index in [-0.39, 0.29) is 18.4 Å². The van der Waals surface area contributed by atoms with E-state index in [1.54, 1.807) is 30.1 Å². The monoisotopic (exact) mass is 496 g/mol. The van der Waals surface area contributed by atoms with Gasteiger partial charge >= 0.3 is 0 Å². The number of allylic oxidation sites excluding steroid dienone is 2. The van der Waals surface area contributed by atoms with Crippen molar-refractivity contribution in [2.24, 2.45) is 10.1 Å². The van der Waals surface area contributed by atoms with E-state index in [0.717, 1.165) is 21.4 Å². The summed E-state index contributed by atoms with van der Waals surface area (Å²) in [5, 5.41) is 5.07. The van der Waals surface area contributed by atoms with E-state index < -0.39 is 11.2 Å². The third-order valence-electron chi connectivity index (χ3n) is 5.21. The van der Waals surface area contributed by atoms with Crippen LogP contribution in [0.5, 0.6) is 0 Å². The Labute approximate surface area is 193 Å². The van der Waals surface area contributed by atoms with Gasteiger partial charge in [0.25, 0.3) is 5.91 Å². The number of anilines is 1. The minimum Gasteiger partial charge on any atom is -0.346 e. The smallest absolute Gasteiger partial charge is 0.266 e. The van der Waals surface area contributed by atoms with Crippen LogP contribution in [0.3, 0.4) is 0 Å². The molecule has 0 aliphatic carbocycles. The van der Waals surface area contributed by atoms with Crippen molar-refractivity contribution in [3.8, 4) is 0 Å². The summed E-state index contributed by atoms with van der Waals surface area (Å²) in [6.07, 6.45) is 6.39. The van der Waals surface area contributed by atoms with Gasteiger partial charge in [-0.25, -0.2) is 19.4 Å². The Bertz CT molecular complexity index is 1090. The highest BCUT2D eigenvalue weighted by molar-refractivity contribution is 7.39. The van der Waals surface area contributed by atoms with E-state index in [1.807, 2.05) is 31.0 Å². The number of carbonyl (C=O) groups is 1. The van der Waals surface area contributed by atoms with Crippen molar-refractivity contribution in [1.29, 1.82) is 0 Å². The number of likely N-dealkylation sites (N-methyl/N-ethyl adjacent to an activating group) is 1. The average Bonchev–Trinajstić information content (AvgIpc) is 3.40. The molecule has 4 heterocycles. The van der Waals surface area contributed by atoms with Crippen LogP contribution in [0, 0.1) is 0 Å². The summed E-state index contributed by atoms with van der Waals surface area (Å²) < 4.78 is 14.4. The minimum atomic E-state index is -1.68. The van der Waals surface area contributed by atoms with Crippen molar-refractivity contribution in [2.75, 3.05) is 19.0 Å². The number of hydrogen-bond acceptors (Lipinski definition) is 8. The molecule has 0 spiro atoms. The van der Waals surface area contributed by atoms with Crippen molar-refractivity contribution < 1.29 is 9.18 Å². The fourth-order valence-corrected chi connectivity index (χ4v) is 6.45. The average molecular weight is 497 g/mol. The molecule has 0 aromatic carbocycles. The van der Waals surface area contributed by atoms with Gasteiger partial charge in [-0.3, -0.25) is 9.79 Å². The molecule has 0 bridgehead atoms. The third-order valence-corrected chi connectivity index (χ3v) is 8.35. The molecule has 2 aliphatic rings. The summed E-state index contributed by atoms with van der Waals surface area (Å²) in [6.45, 7) is 2.09. The van der Waals surface area contributed by atoms with Gasteiger partial charge in [0.05, 0.1) is 33.4 Å². The zero-order chi connectivity index (χ0) is 22.3. The van der Waals surface area contributed by atoms with E-state index in [1.165, 1.54) is 16.3 Å². The molecule has 0 N–H and O–H groups in total. The van der Waals surface area contributed by atoms with Crippen molar-refractivity contribution >= 4 is 64.8 Å². The maximum atomic E-state index is 14.4. The van der Waals surface area contributed by atoms with Gasteiger partial charge in [0, 0.05) is 32.4 Å². The molecule has 2 aromatic rings. The molecule has 4 unspecified atom stereocenters. The van der Waals surface area contributed by atoms with Gasteiger partial charge < -0.3 is 4.90 Å². The maximum Gasteiger partial charge on any atom is 0.266 e. The molecule has 12 heteroatoms. The molecule has 0 fully saturated rings. The third kappa shape index (κ3) is 4.23. The van der Waals surface area contributed by atoms with Gasteiger partial charge in [-0.05, 0) is 13.0 Å². The fourth-order valence-electron chi connectivity index (χ4n) is 3.77. The number of nitrogens with zero attached hydrogens (tertiary/aromatic N) is 6. The van der Waals surface area contributed by atoms with Gasteiger partial charge in [-0.1, -0.05) is 24.6 Å². The molecule has 164 valence electrons. The number of hydrazone groups is 1. The molecule has 4 atom stereocenters. The largest absolute Gasteiger partial charge is 0.346 e. The van der Waals surface area contributed by atoms with E-state index in [9.17, 15) is 9.18 Å². The molecule has 31 heavy (non-hydrogen) atoms. The zero-order valence-corrected chi connectivity index (χ0v) is 21.3. The lowest BCUT2D eigenvalue weighted by molar-refractivity contribution is -0.134. The van der Waals surface area contributed by atoms with Gasteiger partial charge in [0.1, 0.15) is 16.9 Å². The molecule has 4 rings (SSSR count). The van der Waals surface area contributed by atoms with Crippen LogP contribution in [-0.4, -0.2) is 52.9 Å². The molecule has 0 saturated carbocycles. The number of fused-ring (bicyclic) bond motifs is 3. The number of halogens is 1. The van der Waals surface area contributed by atoms with Crippen molar-refractivity contribution in [2.45, 2.75) is 37.0 Å². The van der Waals surface area contributed by atoms with Crippen LogP contribution in [0.4, 0.5) is 10.2 Å². The topological polar surface area (TPSA) is 74.1 Å². The highest BCUT2D eigenvalue weighted by atomic mass is 32.1. The van der Waals surface area contributed by atoms with Gasteiger partial charge in [-0.2, -0.15) is 5.10 Å². The van der Waals surface area contributed by atoms with Gasteiger partial charge in [0.2, 0.25) is 0 Å². The number of hydrogen-bond donors (Lipinski definition) is 0. The lowest BCUT2D eigenvalue weighted by Crippen LogP contribution is -2.49. The van der Waals surface area contributed by atoms with Crippen LogP contribution in [-0.2, 0) is 22.9 Å². The summed E-state index contributed by atoms with van der Waals surface area (Å²) in [6, 6.07) is -0.403. The van der Waals surface area contributed by atoms with Crippen LogP contribution >= 0.6 is 41.2 Å². The van der Waals surface area contributed by atoms with Crippen LogP contribution in [0.1, 0.15) is 33.3 Å². The summed E-state index contributed by atoms with van der Waals surface area (Å²) in [4.78, 5) is 30.0. The zero-order valence-electron chi connectivity index (χ0n) is 17.3. The van der Waals surface area contributed by atoms with Crippen molar-refractivity contribution in [3.63, 3.8) is 0 Å². The Kier molecular flexibility index (Phi) is 6.37. The summed E-state index contributed by atoms with van der Waals surface area (Å²) in [5.74, 6) is 0.541. The standard InChI is InChI=1S/C19H23FN6OP2S2/c1-4-5-10(21-2)6-13-24-17-15(31-13)11-7-23-26(18(27)14(11)25(17)3)8-12-16(19(20,28)29)30-9-22-12/h4-5,7,9,11,14H,6,8,28-29H2,1-3H3/b5-4-,21-10?. The molecule has 7 nitrogen and oxygen atoms in total. The molecular weight excluding hydrogens is 473 g/mol. The first-order valence-electron chi connectivity index (χ1n) is 9.60. The molecular formula is C19H23FN6OP2S2. The van der Waals surface area contributed by atoms with E-state index in [2.05, 4.69) is 33.6 Å². The van der Waals surface area contributed by atoms with Crippen LogP contribution in [0.25, 0.3) is 0 Å². The Hall–Kier alpha value is -1.60. The lowest BCUT2D eigenvalue weighted by Gasteiger charge is -2.31. The van der Waals surface area contributed by atoms with Gasteiger partial charge in [0.15, 0.2) is 5.15 Å². The molecule has 2 aromatic heterocycles. The molecule has 0 radical (unpaired) electrons. The quantitative estimate of drug-likeness (QED) is 0.453. The minimum absolute atomic E-state index is 0.131. The number of thiazole rings is 2. The Morgan fingerprint density at radius 1 is 1.45 bits per heavy atom. The number of alkyl halides is 1. The maximum absolute atomic E-state index is 14.4. The number of aromatic nitrogens is 2. The summed E-state index contributed by atoms with van der Waals surface area (Å²) >= 11 is 2.82. The molecule has 2 aliphatic heterocycles. The van der Waals surface area contributed by atoms with Gasteiger partial charge in [-0.15, -0.1) is 22.7 Å². The predicted octanol–water partition coefficient (Wildman–Crippen LogP) is 3.55.